The summed E-state index contributed by atoms with van der Waals surface area (Å²) in [6, 6.07) is 11.9. The van der Waals surface area contributed by atoms with Crippen LogP contribution in [-0.2, 0) is 9.53 Å². The molecule has 160 valence electrons. The number of hydrogen-bond donors (Lipinski definition) is 1. The van der Waals surface area contributed by atoms with Crippen molar-refractivity contribution in [1.29, 1.82) is 0 Å². The van der Waals surface area contributed by atoms with Crippen LogP contribution in [0.3, 0.4) is 0 Å². The number of hydrogen-bond acceptors (Lipinski definition) is 6. The van der Waals surface area contributed by atoms with E-state index >= 15 is 0 Å². The lowest BCUT2D eigenvalue weighted by Gasteiger charge is -2.09. The molecule has 3 rings (SSSR count). The van der Waals surface area contributed by atoms with Crippen LogP contribution >= 0.6 is 0 Å². The SMILES string of the molecule is Cc1ccc(-n2nc(C)c(NC(=O)COC(=O)c3cccc([N+](=O)[O-])c3C)c2C)cc1. The summed E-state index contributed by atoms with van der Waals surface area (Å²) in [6.45, 7) is 6.52. The van der Waals surface area contributed by atoms with Gasteiger partial charge in [-0.05, 0) is 45.9 Å². The number of esters is 1. The molecule has 0 aliphatic heterocycles. The second-order valence-electron chi connectivity index (χ2n) is 7.12. The molecule has 0 bridgehead atoms. The van der Waals surface area contributed by atoms with Gasteiger partial charge in [0.05, 0.1) is 33.2 Å². The minimum absolute atomic E-state index is 0.0431. The molecule has 0 radical (unpaired) electrons. The summed E-state index contributed by atoms with van der Waals surface area (Å²) >= 11 is 0. The molecule has 3 aromatic rings. The number of aryl methyl sites for hydroxylation is 2. The highest BCUT2D eigenvalue weighted by Crippen LogP contribution is 2.24. The molecule has 0 saturated heterocycles. The molecule has 1 amide bonds. The lowest BCUT2D eigenvalue weighted by Crippen LogP contribution is -2.22. The molecule has 0 fully saturated rings. The number of nitro groups is 1. The van der Waals surface area contributed by atoms with E-state index in [0.717, 1.165) is 16.9 Å². The van der Waals surface area contributed by atoms with Gasteiger partial charge in [-0.2, -0.15) is 5.10 Å². The molecule has 2 aromatic carbocycles. The second kappa shape index (κ2) is 8.78. The maximum absolute atomic E-state index is 12.4. The predicted molar refractivity (Wildman–Crippen MR) is 115 cm³/mol. The largest absolute Gasteiger partial charge is 0.452 e. The Morgan fingerprint density at radius 3 is 2.42 bits per heavy atom. The van der Waals surface area contributed by atoms with Gasteiger partial charge in [-0.1, -0.05) is 23.8 Å². The zero-order chi connectivity index (χ0) is 22.7. The van der Waals surface area contributed by atoms with E-state index in [9.17, 15) is 19.7 Å². The molecule has 31 heavy (non-hydrogen) atoms. The van der Waals surface area contributed by atoms with E-state index in [0.29, 0.717) is 11.4 Å². The summed E-state index contributed by atoms with van der Waals surface area (Å²) in [4.78, 5) is 35.1. The Bertz CT molecular complexity index is 1170. The van der Waals surface area contributed by atoms with Crippen molar-refractivity contribution in [3.63, 3.8) is 0 Å². The van der Waals surface area contributed by atoms with Crippen LogP contribution in [0.5, 0.6) is 0 Å². The van der Waals surface area contributed by atoms with Gasteiger partial charge in [-0.3, -0.25) is 14.9 Å². The normalized spacial score (nSPS) is 10.6. The number of aromatic nitrogens is 2. The van der Waals surface area contributed by atoms with Crippen LogP contribution in [0.25, 0.3) is 5.69 Å². The van der Waals surface area contributed by atoms with Crippen molar-refractivity contribution in [2.75, 3.05) is 11.9 Å². The molecule has 1 heterocycles. The Hall–Kier alpha value is -4.01. The zero-order valence-electron chi connectivity index (χ0n) is 17.6. The fourth-order valence-electron chi connectivity index (χ4n) is 3.19. The highest BCUT2D eigenvalue weighted by molar-refractivity contribution is 5.97. The van der Waals surface area contributed by atoms with Gasteiger partial charge in [-0.15, -0.1) is 0 Å². The Labute approximate surface area is 178 Å². The van der Waals surface area contributed by atoms with Crippen LogP contribution in [0, 0.1) is 37.8 Å². The van der Waals surface area contributed by atoms with Crippen molar-refractivity contribution in [2.45, 2.75) is 27.7 Å². The minimum atomic E-state index is -0.805. The number of nitrogens with one attached hydrogen (secondary N) is 1. The third-order valence-electron chi connectivity index (χ3n) is 4.89. The van der Waals surface area contributed by atoms with Crippen LogP contribution in [0.1, 0.15) is 32.9 Å². The average molecular weight is 422 g/mol. The number of carbonyl (C=O) groups is 2. The summed E-state index contributed by atoms with van der Waals surface area (Å²) in [7, 11) is 0. The molecule has 0 atom stereocenters. The predicted octanol–water partition coefficient (Wildman–Crippen LogP) is 3.81. The topological polar surface area (TPSA) is 116 Å². The average Bonchev–Trinajstić information content (AvgIpc) is 3.00. The summed E-state index contributed by atoms with van der Waals surface area (Å²) in [5.41, 5.74) is 3.91. The number of ether oxygens (including phenoxy) is 1. The van der Waals surface area contributed by atoms with E-state index in [1.165, 1.54) is 25.1 Å². The Morgan fingerprint density at radius 2 is 1.77 bits per heavy atom. The first kappa shape index (κ1) is 21.7. The van der Waals surface area contributed by atoms with E-state index in [2.05, 4.69) is 10.4 Å². The number of nitrogens with zero attached hydrogens (tertiary/aromatic N) is 3. The first-order chi connectivity index (χ1) is 14.7. The summed E-state index contributed by atoms with van der Waals surface area (Å²) in [6.07, 6.45) is 0. The van der Waals surface area contributed by atoms with Crippen LogP contribution in [0.15, 0.2) is 42.5 Å². The van der Waals surface area contributed by atoms with Crippen molar-refractivity contribution < 1.29 is 19.2 Å². The van der Waals surface area contributed by atoms with E-state index in [1.54, 1.807) is 11.6 Å². The second-order valence-corrected chi connectivity index (χ2v) is 7.12. The molecule has 0 aliphatic rings. The van der Waals surface area contributed by atoms with Gasteiger partial charge in [-0.25, -0.2) is 9.48 Å². The van der Waals surface area contributed by atoms with Crippen molar-refractivity contribution in [2.24, 2.45) is 0 Å². The van der Waals surface area contributed by atoms with E-state index in [4.69, 9.17) is 4.74 Å². The summed E-state index contributed by atoms with van der Waals surface area (Å²) < 4.78 is 6.79. The van der Waals surface area contributed by atoms with Crippen LogP contribution in [-0.4, -0.2) is 33.2 Å². The summed E-state index contributed by atoms with van der Waals surface area (Å²) in [5.74, 6) is -1.34. The monoisotopic (exact) mass is 422 g/mol. The number of carbonyl (C=O) groups excluding carboxylic acids is 2. The highest BCUT2D eigenvalue weighted by Gasteiger charge is 2.21. The first-order valence-corrected chi connectivity index (χ1v) is 9.53. The zero-order valence-corrected chi connectivity index (χ0v) is 17.6. The van der Waals surface area contributed by atoms with Gasteiger partial charge in [0, 0.05) is 11.6 Å². The number of rotatable bonds is 6. The molecule has 1 aromatic heterocycles. The maximum Gasteiger partial charge on any atom is 0.339 e. The number of nitro benzene ring substituents is 1. The van der Waals surface area contributed by atoms with Crippen molar-refractivity contribution in [3.8, 4) is 5.69 Å². The van der Waals surface area contributed by atoms with Crippen LogP contribution < -0.4 is 5.32 Å². The van der Waals surface area contributed by atoms with Gasteiger partial charge in [0.2, 0.25) is 0 Å². The van der Waals surface area contributed by atoms with Gasteiger partial charge in [0.25, 0.3) is 11.6 Å². The molecule has 0 unspecified atom stereocenters. The van der Waals surface area contributed by atoms with Gasteiger partial charge >= 0.3 is 5.97 Å². The number of amides is 1. The van der Waals surface area contributed by atoms with E-state index < -0.39 is 23.4 Å². The number of anilines is 1. The highest BCUT2D eigenvalue weighted by atomic mass is 16.6. The van der Waals surface area contributed by atoms with Crippen molar-refractivity contribution in [3.05, 3.63) is 80.7 Å². The van der Waals surface area contributed by atoms with Gasteiger partial charge < -0.3 is 10.1 Å². The molecule has 1 N–H and O–H groups in total. The Balaban J connectivity index is 1.69. The first-order valence-electron chi connectivity index (χ1n) is 9.53. The molecule has 9 heteroatoms. The van der Waals surface area contributed by atoms with Crippen molar-refractivity contribution in [1.82, 2.24) is 9.78 Å². The molecule has 9 nitrogen and oxygen atoms in total. The smallest absolute Gasteiger partial charge is 0.339 e. The van der Waals surface area contributed by atoms with Gasteiger partial charge in [0.1, 0.15) is 0 Å². The Morgan fingerprint density at radius 1 is 1.10 bits per heavy atom. The molecule has 0 aliphatic carbocycles. The lowest BCUT2D eigenvalue weighted by molar-refractivity contribution is -0.385. The number of benzene rings is 2. The fourth-order valence-corrected chi connectivity index (χ4v) is 3.19. The van der Waals surface area contributed by atoms with Gasteiger partial charge in [0.15, 0.2) is 6.61 Å². The van der Waals surface area contributed by atoms with Crippen molar-refractivity contribution >= 4 is 23.3 Å². The van der Waals surface area contributed by atoms with Crippen LogP contribution in [0.4, 0.5) is 11.4 Å². The van der Waals surface area contributed by atoms with E-state index in [1.807, 2.05) is 38.1 Å². The molecular weight excluding hydrogens is 400 g/mol. The van der Waals surface area contributed by atoms with E-state index in [-0.39, 0.29) is 16.8 Å². The lowest BCUT2D eigenvalue weighted by atomic mass is 10.1. The molecule has 0 spiro atoms. The quantitative estimate of drug-likeness (QED) is 0.367. The third-order valence-corrected chi connectivity index (χ3v) is 4.89. The Kier molecular flexibility index (Phi) is 6.15. The standard InChI is InChI=1S/C22H22N4O5/c1-13-8-10-17(11-9-13)25-16(4)21(15(3)24-25)23-20(27)12-31-22(28)18-6-5-7-19(14(18)2)26(29)30/h5-11H,12H2,1-4H3,(H,23,27). The molecule has 0 saturated carbocycles. The minimum Gasteiger partial charge on any atom is -0.452 e. The third kappa shape index (κ3) is 4.61. The molecular formula is C22H22N4O5. The fraction of sp³-hybridized carbons (Fsp3) is 0.227. The maximum atomic E-state index is 12.4. The summed E-state index contributed by atoms with van der Waals surface area (Å²) in [5, 5.41) is 18.2. The van der Waals surface area contributed by atoms with Crippen LogP contribution in [0.2, 0.25) is 0 Å².